The van der Waals surface area contributed by atoms with Crippen LogP contribution >= 0.6 is 0 Å². The van der Waals surface area contributed by atoms with Crippen molar-refractivity contribution in [2.24, 2.45) is 0 Å². The van der Waals surface area contributed by atoms with Crippen molar-refractivity contribution in [1.82, 2.24) is 5.32 Å². The van der Waals surface area contributed by atoms with E-state index in [-0.39, 0.29) is 5.60 Å². The molecule has 122 valence electrons. The Hall–Kier alpha value is -0.340. The maximum Gasteiger partial charge on any atom is 0.0872 e. The second kappa shape index (κ2) is 8.95. The van der Waals surface area contributed by atoms with E-state index in [1.807, 2.05) is 0 Å². The Morgan fingerprint density at radius 1 is 1.10 bits per heavy atom. The molecule has 1 N–H and O–H groups in total. The minimum absolute atomic E-state index is 0.0783. The average Bonchev–Trinajstić information content (AvgIpc) is 2.91. The minimum atomic E-state index is 0.0783. The van der Waals surface area contributed by atoms with Gasteiger partial charge in [0.05, 0.1) is 11.6 Å². The van der Waals surface area contributed by atoms with E-state index in [9.17, 15) is 0 Å². The van der Waals surface area contributed by atoms with E-state index in [1.54, 1.807) is 5.57 Å². The van der Waals surface area contributed by atoms with Crippen molar-refractivity contribution in [3.63, 3.8) is 0 Å². The SMILES string of the molecule is CCCNC(C1=CCCCCCC1)C1(OCC)CCCC1. The second-order valence-electron chi connectivity index (χ2n) is 6.82. The van der Waals surface area contributed by atoms with E-state index in [0.29, 0.717) is 6.04 Å². The standard InChI is InChI=1S/C19H35NO/c1-3-16-20-18(17-12-8-6-5-7-9-13-17)19(21-4-2)14-10-11-15-19/h12,18,20H,3-11,13-16H2,1-2H3. The second-order valence-corrected chi connectivity index (χ2v) is 6.82. The van der Waals surface area contributed by atoms with E-state index in [1.165, 1.54) is 70.6 Å². The van der Waals surface area contributed by atoms with Crippen LogP contribution < -0.4 is 5.32 Å². The van der Waals surface area contributed by atoms with Crippen LogP contribution in [-0.2, 0) is 4.74 Å². The molecule has 2 aliphatic carbocycles. The molecule has 2 nitrogen and oxygen atoms in total. The van der Waals surface area contributed by atoms with E-state index in [0.717, 1.165) is 13.2 Å². The lowest BCUT2D eigenvalue weighted by Crippen LogP contribution is -2.52. The summed E-state index contributed by atoms with van der Waals surface area (Å²) in [5, 5.41) is 3.86. The molecular weight excluding hydrogens is 258 g/mol. The van der Waals surface area contributed by atoms with Crippen LogP contribution in [0.25, 0.3) is 0 Å². The lowest BCUT2D eigenvalue weighted by atomic mass is 9.82. The third kappa shape index (κ3) is 4.56. The van der Waals surface area contributed by atoms with Crippen LogP contribution in [0, 0.1) is 0 Å². The molecule has 2 aliphatic rings. The molecule has 0 aromatic carbocycles. The predicted octanol–water partition coefficient (Wildman–Crippen LogP) is 4.98. The van der Waals surface area contributed by atoms with Gasteiger partial charge in [-0.25, -0.2) is 0 Å². The molecular formula is C19H35NO. The molecule has 0 saturated heterocycles. The van der Waals surface area contributed by atoms with Gasteiger partial charge < -0.3 is 10.1 Å². The predicted molar refractivity (Wildman–Crippen MR) is 90.7 cm³/mol. The molecule has 0 heterocycles. The Labute approximate surface area is 131 Å². The van der Waals surface area contributed by atoms with Crippen LogP contribution in [0.3, 0.4) is 0 Å². The van der Waals surface area contributed by atoms with Gasteiger partial charge in [0.1, 0.15) is 0 Å². The first-order chi connectivity index (χ1) is 10.3. The summed E-state index contributed by atoms with van der Waals surface area (Å²) in [6.07, 6.45) is 17.0. The molecule has 21 heavy (non-hydrogen) atoms. The number of allylic oxidation sites excluding steroid dienone is 1. The van der Waals surface area contributed by atoms with Crippen molar-refractivity contribution in [1.29, 1.82) is 0 Å². The van der Waals surface area contributed by atoms with Crippen LogP contribution in [0.1, 0.15) is 84.5 Å². The van der Waals surface area contributed by atoms with Crippen LogP contribution in [0.5, 0.6) is 0 Å². The van der Waals surface area contributed by atoms with E-state index < -0.39 is 0 Å². The van der Waals surface area contributed by atoms with Crippen LogP contribution in [-0.4, -0.2) is 24.8 Å². The fourth-order valence-corrected chi connectivity index (χ4v) is 4.20. The summed E-state index contributed by atoms with van der Waals surface area (Å²) >= 11 is 0. The molecule has 2 heteroatoms. The quantitative estimate of drug-likeness (QED) is 0.668. The summed E-state index contributed by atoms with van der Waals surface area (Å²) in [7, 11) is 0. The Balaban J connectivity index is 2.18. The first-order valence-electron chi connectivity index (χ1n) is 9.38. The lowest BCUT2D eigenvalue weighted by Gasteiger charge is -2.40. The van der Waals surface area contributed by atoms with Gasteiger partial charge in [0, 0.05) is 6.61 Å². The molecule has 0 bridgehead atoms. The Kier molecular flexibility index (Phi) is 7.25. The van der Waals surface area contributed by atoms with Gasteiger partial charge in [0.2, 0.25) is 0 Å². The third-order valence-corrected chi connectivity index (χ3v) is 5.20. The summed E-state index contributed by atoms with van der Waals surface area (Å²) in [6, 6.07) is 0.456. The van der Waals surface area contributed by atoms with Crippen molar-refractivity contribution in [3.8, 4) is 0 Å². The van der Waals surface area contributed by atoms with Gasteiger partial charge in [-0.3, -0.25) is 0 Å². The molecule has 2 rings (SSSR count). The highest BCUT2D eigenvalue weighted by Crippen LogP contribution is 2.40. The largest absolute Gasteiger partial charge is 0.373 e. The van der Waals surface area contributed by atoms with Crippen molar-refractivity contribution in [2.45, 2.75) is 96.1 Å². The van der Waals surface area contributed by atoms with E-state index in [4.69, 9.17) is 4.74 Å². The molecule has 0 spiro atoms. The molecule has 1 saturated carbocycles. The van der Waals surface area contributed by atoms with E-state index >= 15 is 0 Å². The Morgan fingerprint density at radius 3 is 2.57 bits per heavy atom. The van der Waals surface area contributed by atoms with Gasteiger partial charge in [0.25, 0.3) is 0 Å². The highest BCUT2D eigenvalue weighted by Gasteiger charge is 2.43. The topological polar surface area (TPSA) is 21.3 Å². The third-order valence-electron chi connectivity index (χ3n) is 5.20. The summed E-state index contributed by atoms with van der Waals surface area (Å²) in [4.78, 5) is 0. The average molecular weight is 293 g/mol. The lowest BCUT2D eigenvalue weighted by molar-refractivity contribution is -0.0535. The van der Waals surface area contributed by atoms with Gasteiger partial charge in [-0.2, -0.15) is 0 Å². The minimum Gasteiger partial charge on any atom is -0.373 e. The molecule has 0 aromatic rings. The summed E-state index contributed by atoms with van der Waals surface area (Å²) in [6.45, 7) is 6.37. The van der Waals surface area contributed by atoms with Crippen molar-refractivity contribution < 1.29 is 4.74 Å². The zero-order valence-electron chi connectivity index (χ0n) is 14.3. The van der Waals surface area contributed by atoms with Crippen molar-refractivity contribution >= 4 is 0 Å². The summed E-state index contributed by atoms with van der Waals surface area (Å²) in [5.41, 5.74) is 1.73. The zero-order valence-corrected chi connectivity index (χ0v) is 14.3. The molecule has 0 amide bonds. The smallest absolute Gasteiger partial charge is 0.0872 e. The summed E-state index contributed by atoms with van der Waals surface area (Å²) in [5.74, 6) is 0. The molecule has 0 radical (unpaired) electrons. The first-order valence-corrected chi connectivity index (χ1v) is 9.38. The highest BCUT2D eigenvalue weighted by atomic mass is 16.5. The highest BCUT2D eigenvalue weighted by molar-refractivity contribution is 5.19. The maximum absolute atomic E-state index is 6.37. The molecule has 0 aliphatic heterocycles. The Bertz CT molecular complexity index is 318. The van der Waals surface area contributed by atoms with Crippen LogP contribution in [0.4, 0.5) is 0 Å². The molecule has 1 fully saturated rings. The fourth-order valence-electron chi connectivity index (χ4n) is 4.20. The van der Waals surface area contributed by atoms with Crippen LogP contribution in [0.15, 0.2) is 11.6 Å². The number of nitrogens with one attached hydrogen (secondary N) is 1. The van der Waals surface area contributed by atoms with Crippen molar-refractivity contribution in [2.75, 3.05) is 13.2 Å². The number of hydrogen-bond acceptors (Lipinski definition) is 2. The fraction of sp³-hybridized carbons (Fsp3) is 0.895. The first kappa shape index (κ1) is 17.0. The Morgan fingerprint density at radius 2 is 1.86 bits per heavy atom. The van der Waals surface area contributed by atoms with Gasteiger partial charge in [-0.1, -0.05) is 44.3 Å². The molecule has 0 aromatic heterocycles. The number of rotatable bonds is 7. The molecule has 1 atom stereocenters. The number of hydrogen-bond donors (Lipinski definition) is 1. The van der Waals surface area contributed by atoms with Gasteiger partial charge >= 0.3 is 0 Å². The van der Waals surface area contributed by atoms with Crippen LogP contribution in [0.2, 0.25) is 0 Å². The summed E-state index contributed by atoms with van der Waals surface area (Å²) < 4.78 is 6.37. The maximum atomic E-state index is 6.37. The van der Waals surface area contributed by atoms with Crippen molar-refractivity contribution in [3.05, 3.63) is 11.6 Å². The van der Waals surface area contributed by atoms with E-state index in [2.05, 4.69) is 25.2 Å². The van der Waals surface area contributed by atoms with Gasteiger partial charge in [0.15, 0.2) is 0 Å². The molecule has 1 unspecified atom stereocenters. The monoisotopic (exact) mass is 293 g/mol. The number of ether oxygens (including phenoxy) is 1. The van der Waals surface area contributed by atoms with Gasteiger partial charge in [-0.15, -0.1) is 0 Å². The zero-order chi connectivity index (χ0) is 15.0. The van der Waals surface area contributed by atoms with Gasteiger partial charge in [-0.05, 0) is 58.4 Å². The normalized spacial score (nSPS) is 24.2.